The summed E-state index contributed by atoms with van der Waals surface area (Å²) in [5.41, 5.74) is 2.30. The normalized spacial score (nSPS) is 29.4. The van der Waals surface area contributed by atoms with Gasteiger partial charge in [-0.3, -0.25) is 0 Å². The van der Waals surface area contributed by atoms with Crippen molar-refractivity contribution in [3.05, 3.63) is 41.5 Å². The number of piperidine rings is 1. The van der Waals surface area contributed by atoms with Gasteiger partial charge in [-0.25, -0.2) is 13.6 Å². The van der Waals surface area contributed by atoms with E-state index in [2.05, 4.69) is 11.4 Å². The van der Waals surface area contributed by atoms with Crippen LogP contribution >= 0.6 is 0 Å². The number of nitrogens with zero attached hydrogens (tertiary/aromatic N) is 1. The molecule has 1 saturated heterocycles. The predicted molar refractivity (Wildman–Crippen MR) is 88.1 cm³/mol. The van der Waals surface area contributed by atoms with Crippen LogP contribution in [0.2, 0.25) is 0 Å². The van der Waals surface area contributed by atoms with Crippen LogP contribution in [0.3, 0.4) is 0 Å². The number of carbonyl (C=O) groups is 1. The second kappa shape index (κ2) is 6.51. The maximum atomic E-state index is 14.2. The lowest BCUT2D eigenvalue weighted by Crippen LogP contribution is -2.58. The summed E-state index contributed by atoms with van der Waals surface area (Å²) in [6.45, 7) is 1.46. The van der Waals surface area contributed by atoms with E-state index in [1.54, 1.807) is 0 Å². The molecule has 3 atom stereocenters. The number of likely N-dealkylation sites (tertiary alicyclic amines) is 1. The van der Waals surface area contributed by atoms with E-state index in [9.17, 15) is 13.6 Å². The van der Waals surface area contributed by atoms with Gasteiger partial charge in [0.05, 0.1) is 12.6 Å². The van der Waals surface area contributed by atoms with Crippen LogP contribution in [-0.2, 0) is 0 Å². The molecule has 1 aliphatic carbocycles. The molecule has 24 heavy (non-hydrogen) atoms. The number of carboxylic acid groups (broad SMARTS) is 1. The van der Waals surface area contributed by atoms with Gasteiger partial charge < -0.3 is 15.3 Å². The Morgan fingerprint density at radius 2 is 2.08 bits per heavy atom. The third-order valence-electron chi connectivity index (χ3n) is 4.85. The minimum Gasteiger partial charge on any atom is -0.465 e. The third kappa shape index (κ3) is 3.75. The Balaban J connectivity index is 1.57. The minimum absolute atomic E-state index is 0.0530. The molecule has 1 amide bonds. The molecule has 2 aliphatic rings. The monoisotopic (exact) mass is 336 g/mol. The molecule has 4 nitrogen and oxygen atoms in total. The van der Waals surface area contributed by atoms with Crippen molar-refractivity contribution in [2.75, 3.05) is 13.1 Å². The number of rotatable bonds is 4. The minimum atomic E-state index is -3.03. The van der Waals surface area contributed by atoms with Crippen molar-refractivity contribution < 1.29 is 18.7 Å². The summed E-state index contributed by atoms with van der Waals surface area (Å²) < 4.78 is 28.3. The first-order chi connectivity index (χ1) is 11.4. The van der Waals surface area contributed by atoms with E-state index < -0.39 is 24.6 Å². The first-order valence-electron chi connectivity index (χ1n) is 8.22. The van der Waals surface area contributed by atoms with Gasteiger partial charge in [-0.15, -0.1) is 0 Å². The average molecular weight is 336 g/mol. The zero-order chi connectivity index (χ0) is 17.3. The Morgan fingerprint density at radius 3 is 2.71 bits per heavy atom. The molecule has 1 aromatic rings. The van der Waals surface area contributed by atoms with Crippen LogP contribution in [0, 0.1) is 5.92 Å². The summed E-state index contributed by atoms with van der Waals surface area (Å²) in [7, 11) is 0. The summed E-state index contributed by atoms with van der Waals surface area (Å²) in [4.78, 5) is 11.7. The van der Waals surface area contributed by atoms with Crippen molar-refractivity contribution >= 4 is 12.2 Å². The van der Waals surface area contributed by atoms with Crippen LogP contribution in [0.1, 0.15) is 25.3 Å². The highest BCUT2D eigenvalue weighted by atomic mass is 19.3. The summed E-state index contributed by atoms with van der Waals surface area (Å²) in [6, 6.07) is 9.04. The zero-order valence-corrected chi connectivity index (χ0v) is 13.6. The van der Waals surface area contributed by atoms with Gasteiger partial charge in [0, 0.05) is 12.6 Å². The molecule has 0 aromatic heterocycles. The number of hydrogen-bond acceptors (Lipinski definition) is 2. The van der Waals surface area contributed by atoms with Crippen molar-refractivity contribution in [1.82, 2.24) is 10.2 Å². The van der Waals surface area contributed by atoms with Crippen LogP contribution in [0.15, 0.2) is 35.9 Å². The molecule has 0 spiro atoms. The van der Waals surface area contributed by atoms with E-state index in [4.69, 9.17) is 5.11 Å². The molecule has 2 fully saturated rings. The Hall–Kier alpha value is -1.95. The predicted octanol–water partition coefficient (Wildman–Crippen LogP) is 3.46. The average Bonchev–Trinajstić information content (AvgIpc) is 3.29. The summed E-state index contributed by atoms with van der Waals surface area (Å²) in [5.74, 6) is -2.75. The smallest absolute Gasteiger partial charge is 0.407 e. The Morgan fingerprint density at radius 1 is 1.38 bits per heavy atom. The molecule has 0 radical (unpaired) electrons. The summed E-state index contributed by atoms with van der Waals surface area (Å²) in [5, 5.41) is 11.9. The number of halogens is 2. The van der Waals surface area contributed by atoms with Crippen LogP contribution in [0.25, 0.3) is 6.08 Å². The molecule has 0 bridgehead atoms. The summed E-state index contributed by atoms with van der Waals surface area (Å²) >= 11 is 0. The topological polar surface area (TPSA) is 52.6 Å². The molecule has 2 N–H and O–H groups in total. The molecule has 3 unspecified atom stereocenters. The number of alkyl halides is 2. The third-order valence-corrected chi connectivity index (χ3v) is 4.85. The lowest BCUT2D eigenvalue weighted by molar-refractivity contribution is -0.0843. The maximum absolute atomic E-state index is 14.2. The van der Waals surface area contributed by atoms with Gasteiger partial charge in [0.1, 0.15) is 0 Å². The summed E-state index contributed by atoms with van der Waals surface area (Å²) in [6.07, 6.45) is 1.81. The number of amides is 1. The highest BCUT2D eigenvalue weighted by Crippen LogP contribution is 2.40. The van der Waals surface area contributed by atoms with Crippen LogP contribution < -0.4 is 5.32 Å². The van der Waals surface area contributed by atoms with E-state index in [0.29, 0.717) is 0 Å². The first kappa shape index (κ1) is 16.9. The molecule has 1 aliphatic heterocycles. The highest BCUT2D eigenvalue weighted by molar-refractivity contribution is 5.65. The van der Waals surface area contributed by atoms with Gasteiger partial charge in [-0.05, 0) is 31.2 Å². The van der Waals surface area contributed by atoms with Crippen LogP contribution in [0.4, 0.5) is 13.6 Å². The fourth-order valence-electron chi connectivity index (χ4n) is 3.37. The van der Waals surface area contributed by atoms with Crippen molar-refractivity contribution in [3.8, 4) is 0 Å². The van der Waals surface area contributed by atoms with Gasteiger partial charge in [-0.1, -0.05) is 42.0 Å². The van der Waals surface area contributed by atoms with Gasteiger partial charge in [-0.2, -0.15) is 0 Å². The van der Waals surface area contributed by atoms with Crippen LogP contribution in [-0.4, -0.2) is 47.2 Å². The molecular weight excluding hydrogens is 314 g/mol. The standard InChI is InChI=1S/C18H22F2N2O2/c1-12(9-13-5-3-2-4-6-13)14-10-15(14)21-16-7-8-22(17(23)24)11-18(16,19)20/h2-6,9,14-16,21H,7-8,10-11H2,1H3,(H,23,24)/b12-9+. The van der Waals surface area contributed by atoms with Crippen molar-refractivity contribution in [3.63, 3.8) is 0 Å². The zero-order valence-electron chi connectivity index (χ0n) is 13.6. The number of nitrogens with one attached hydrogen (secondary N) is 1. The Kier molecular flexibility index (Phi) is 4.58. The largest absolute Gasteiger partial charge is 0.465 e. The molecule has 3 rings (SSSR count). The van der Waals surface area contributed by atoms with Crippen molar-refractivity contribution in [2.45, 2.75) is 37.8 Å². The van der Waals surface area contributed by atoms with E-state index in [0.717, 1.165) is 16.9 Å². The Bertz CT molecular complexity index is 633. The lowest BCUT2D eigenvalue weighted by atomic mass is 10.0. The molecule has 1 aromatic carbocycles. The van der Waals surface area contributed by atoms with Gasteiger partial charge >= 0.3 is 6.09 Å². The molecule has 130 valence electrons. The van der Waals surface area contributed by atoms with E-state index in [1.807, 2.05) is 37.3 Å². The Labute approximate surface area is 140 Å². The molecule has 1 heterocycles. The molecular formula is C18H22F2N2O2. The van der Waals surface area contributed by atoms with Crippen molar-refractivity contribution in [2.24, 2.45) is 5.92 Å². The molecule has 1 saturated carbocycles. The quantitative estimate of drug-likeness (QED) is 0.885. The van der Waals surface area contributed by atoms with Gasteiger partial charge in [0.15, 0.2) is 0 Å². The van der Waals surface area contributed by atoms with Crippen LogP contribution in [0.5, 0.6) is 0 Å². The van der Waals surface area contributed by atoms with Crippen molar-refractivity contribution in [1.29, 1.82) is 0 Å². The highest BCUT2D eigenvalue weighted by Gasteiger charge is 2.49. The van der Waals surface area contributed by atoms with Gasteiger partial charge in [0.2, 0.25) is 0 Å². The van der Waals surface area contributed by atoms with E-state index in [1.165, 1.54) is 5.57 Å². The lowest BCUT2D eigenvalue weighted by Gasteiger charge is -2.37. The second-order valence-electron chi connectivity index (χ2n) is 6.72. The fraction of sp³-hybridized carbons (Fsp3) is 0.500. The van der Waals surface area contributed by atoms with Gasteiger partial charge in [0.25, 0.3) is 5.92 Å². The van der Waals surface area contributed by atoms with E-state index >= 15 is 0 Å². The second-order valence-corrected chi connectivity index (χ2v) is 6.72. The first-order valence-corrected chi connectivity index (χ1v) is 8.22. The number of benzene rings is 1. The SMILES string of the molecule is C/C(=C\c1ccccc1)C1CC1NC1CCN(C(=O)O)CC1(F)F. The molecule has 6 heteroatoms. The maximum Gasteiger partial charge on any atom is 0.407 e. The fourth-order valence-corrected chi connectivity index (χ4v) is 3.37. The number of hydrogen-bond donors (Lipinski definition) is 2. The van der Waals surface area contributed by atoms with E-state index in [-0.39, 0.29) is 24.9 Å².